The zero-order chi connectivity index (χ0) is 10.7. The highest BCUT2D eigenvalue weighted by Gasteiger charge is 2.17. The van der Waals surface area contributed by atoms with Crippen molar-refractivity contribution in [2.75, 3.05) is 6.61 Å². The van der Waals surface area contributed by atoms with Crippen LogP contribution in [0.3, 0.4) is 0 Å². The van der Waals surface area contributed by atoms with Crippen molar-refractivity contribution in [3.8, 4) is 0 Å². The quantitative estimate of drug-likeness (QED) is 0.696. The van der Waals surface area contributed by atoms with Crippen molar-refractivity contribution in [3.63, 3.8) is 0 Å². The first-order valence-electron chi connectivity index (χ1n) is 4.32. The minimum Gasteiger partial charge on any atom is -0.460 e. The summed E-state index contributed by atoms with van der Waals surface area (Å²) in [5.74, 6) is -0.256. The van der Waals surface area contributed by atoms with Crippen molar-refractivity contribution >= 4 is 5.97 Å². The van der Waals surface area contributed by atoms with E-state index in [-0.39, 0.29) is 12.4 Å². The molecule has 78 valence electrons. The molecule has 14 heavy (non-hydrogen) atoms. The van der Waals surface area contributed by atoms with Gasteiger partial charge in [0, 0.05) is 7.05 Å². The zero-order valence-corrected chi connectivity index (χ0v) is 8.39. The molecule has 0 saturated carbocycles. The molecular formula is C8H13N3O3. The summed E-state index contributed by atoms with van der Waals surface area (Å²) >= 11 is 0. The average Bonchev–Trinajstić information content (AvgIpc) is 2.48. The maximum atomic E-state index is 11.2. The van der Waals surface area contributed by atoms with Gasteiger partial charge in [0.2, 0.25) is 0 Å². The van der Waals surface area contributed by atoms with Gasteiger partial charge >= 0.3 is 5.97 Å². The van der Waals surface area contributed by atoms with Crippen LogP contribution in [0.2, 0.25) is 0 Å². The first-order valence-corrected chi connectivity index (χ1v) is 4.32. The number of aliphatic hydroxyl groups is 1. The summed E-state index contributed by atoms with van der Waals surface area (Å²) < 4.78 is 6.08. The van der Waals surface area contributed by atoms with Gasteiger partial charge in [0.1, 0.15) is 6.10 Å². The summed E-state index contributed by atoms with van der Waals surface area (Å²) in [5.41, 5.74) is 0. The molecule has 1 aromatic rings. The number of aliphatic hydroxyl groups excluding tert-OH is 1. The van der Waals surface area contributed by atoms with Crippen LogP contribution >= 0.6 is 0 Å². The van der Waals surface area contributed by atoms with Crippen molar-refractivity contribution in [2.24, 2.45) is 7.05 Å². The molecule has 1 N–H and O–H groups in total. The number of ether oxygens (including phenoxy) is 1. The lowest BCUT2D eigenvalue weighted by Crippen LogP contribution is -2.07. The average molecular weight is 199 g/mol. The van der Waals surface area contributed by atoms with E-state index in [4.69, 9.17) is 4.74 Å². The third kappa shape index (κ3) is 2.08. The highest BCUT2D eigenvalue weighted by molar-refractivity contribution is 5.84. The Balaban J connectivity index is 2.90. The smallest absolute Gasteiger partial charge is 0.378 e. The first-order chi connectivity index (χ1) is 6.56. The van der Waals surface area contributed by atoms with Crippen LogP contribution in [0.25, 0.3) is 0 Å². The van der Waals surface area contributed by atoms with Crippen LogP contribution in [0.1, 0.15) is 36.4 Å². The highest BCUT2D eigenvalue weighted by atomic mass is 16.5. The van der Waals surface area contributed by atoms with Crippen molar-refractivity contribution < 1.29 is 14.6 Å². The molecule has 0 radical (unpaired) electrons. The number of nitrogens with zero attached hydrogens (tertiary/aromatic N) is 3. The van der Waals surface area contributed by atoms with E-state index in [1.807, 2.05) is 0 Å². The van der Waals surface area contributed by atoms with Crippen LogP contribution in [0.4, 0.5) is 0 Å². The first kappa shape index (κ1) is 10.6. The molecule has 0 saturated heterocycles. The molecule has 0 spiro atoms. The van der Waals surface area contributed by atoms with Gasteiger partial charge < -0.3 is 9.84 Å². The third-order valence-electron chi connectivity index (χ3n) is 1.63. The van der Waals surface area contributed by atoms with Gasteiger partial charge in [-0.25, -0.2) is 14.5 Å². The van der Waals surface area contributed by atoms with E-state index in [1.54, 1.807) is 20.9 Å². The van der Waals surface area contributed by atoms with Gasteiger partial charge in [-0.15, -0.1) is 5.10 Å². The van der Waals surface area contributed by atoms with Crippen LogP contribution in [-0.4, -0.2) is 32.4 Å². The van der Waals surface area contributed by atoms with Crippen LogP contribution in [0.5, 0.6) is 0 Å². The van der Waals surface area contributed by atoms with Crippen LogP contribution < -0.4 is 0 Å². The van der Waals surface area contributed by atoms with Gasteiger partial charge in [-0.2, -0.15) is 0 Å². The number of hydrogen-bond acceptors (Lipinski definition) is 5. The van der Waals surface area contributed by atoms with Crippen LogP contribution in [0.15, 0.2) is 0 Å². The lowest BCUT2D eigenvalue weighted by molar-refractivity contribution is 0.0511. The molecule has 6 heteroatoms. The second-order valence-electron chi connectivity index (χ2n) is 2.81. The second-order valence-corrected chi connectivity index (χ2v) is 2.81. The number of carbonyl (C=O) groups excluding carboxylic acids is 1. The molecule has 1 atom stereocenters. The number of carbonyl (C=O) groups is 1. The molecule has 0 bridgehead atoms. The van der Waals surface area contributed by atoms with Gasteiger partial charge in [-0.3, -0.25) is 0 Å². The third-order valence-corrected chi connectivity index (χ3v) is 1.63. The molecular weight excluding hydrogens is 186 g/mol. The van der Waals surface area contributed by atoms with E-state index in [0.717, 1.165) is 0 Å². The Morgan fingerprint density at radius 2 is 2.36 bits per heavy atom. The molecule has 0 fully saturated rings. The Kier molecular flexibility index (Phi) is 3.19. The summed E-state index contributed by atoms with van der Waals surface area (Å²) in [5, 5.41) is 13.1. The minimum atomic E-state index is -0.754. The van der Waals surface area contributed by atoms with Gasteiger partial charge in [0.15, 0.2) is 5.82 Å². The molecule has 0 aromatic carbocycles. The van der Waals surface area contributed by atoms with E-state index in [1.165, 1.54) is 4.68 Å². The summed E-state index contributed by atoms with van der Waals surface area (Å²) in [6.45, 7) is 3.54. The lowest BCUT2D eigenvalue weighted by Gasteiger charge is -1.99. The monoisotopic (exact) mass is 199 g/mol. The number of esters is 1. The van der Waals surface area contributed by atoms with Gasteiger partial charge in [0.25, 0.3) is 5.82 Å². The fourth-order valence-electron chi connectivity index (χ4n) is 1.04. The number of aromatic nitrogens is 3. The summed E-state index contributed by atoms with van der Waals surface area (Å²) in [6.07, 6.45) is -0.754. The van der Waals surface area contributed by atoms with Gasteiger partial charge in [-0.05, 0) is 13.8 Å². The fourth-order valence-corrected chi connectivity index (χ4v) is 1.04. The Morgan fingerprint density at radius 1 is 1.71 bits per heavy atom. The number of rotatable bonds is 3. The molecule has 0 aliphatic heterocycles. The Labute approximate surface area is 81.5 Å². The molecule has 1 aromatic heterocycles. The van der Waals surface area contributed by atoms with Crippen molar-refractivity contribution in [3.05, 3.63) is 11.6 Å². The van der Waals surface area contributed by atoms with Crippen molar-refractivity contribution in [1.29, 1.82) is 0 Å². The molecule has 0 amide bonds. The lowest BCUT2D eigenvalue weighted by atomic mass is 10.4. The van der Waals surface area contributed by atoms with Crippen LogP contribution in [-0.2, 0) is 11.8 Å². The molecule has 1 heterocycles. The Hall–Kier alpha value is -1.43. The van der Waals surface area contributed by atoms with E-state index in [2.05, 4.69) is 10.1 Å². The summed E-state index contributed by atoms with van der Waals surface area (Å²) in [6, 6.07) is 0. The van der Waals surface area contributed by atoms with E-state index < -0.39 is 12.1 Å². The van der Waals surface area contributed by atoms with E-state index in [0.29, 0.717) is 5.82 Å². The predicted molar refractivity (Wildman–Crippen MR) is 47.6 cm³/mol. The Bertz CT molecular complexity index is 333. The normalized spacial score (nSPS) is 12.6. The molecule has 0 aliphatic carbocycles. The number of aryl methyl sites for hydroxylation is 1. The summed E-state index contributed by atoms with van der Waals surface area (Å²) in [4.78, 5) is 15.0. The standard InChI is InChI=1S/C8H13N3O3/c1-4-14-8(13)6-9-7(5(2)12)11(3)10-6/h5,12H,4H2,1-3H3/t5-/m0/s1. The van der Waals surface area contributed by atoms with Crippen molar-refractivity contribution in [1.82, 2.24) is 14.8 Å². The molecule has 6 nitrogen and oxygen atoms in total. The minimum absolute atomic E-state index is 0.0229. The van der Waals surface area contributed by atoms with Gasteiger partial charge in [-0.1, -0.05) is 0 Å². The predicted octanol–water partition coefficient (Wildman–Crippen LogP) is 0.0451. The Morgan fingerprint density at radius 3 is 2.79 bits per heavy atom. The molecule has 0 aliphatic rings. The fraction of sp³-hybridized carbons (Fsp3) is 0.625. The highest BCUT2D eigenvalue weighted by Crippen LogP contribution is 2.08. The van der Waals surface area contributed by atoms with Crippen LogP contribution in [0, 0.1) is 0 Å². The SMILES string of the molecule is CCOC(=O)c1nc([C@H](C)O)n(C)n1. The molecule has 0 unspecified atom stereocenters. The topological polar surface area (TPSA) is 77.2 Å². The number of hydrogen-bond donors (Lipinski definition) is 1. The van der Waals surface area contributed by atoms with E-state index in [9.17, 15) is 9.90 Å². The second kappa shape index (κ2) is 4.19. The zero-order valence-electron chi connectivity index (χ0n) is 8.39. The van der Waals surface area contributed by atoms with Crippen molar-refractivity contribution in [2.45, 2.75) is 20.0 Å². The largest absolute Gasteiger partial charge is 0.460 e. The maximum absolute atomic E-state index is 11.2. The molecule has 1 rings (SSSR count). The summed E-state index contributed by atoms with van der Waals surface area (Å²) in [7, 11) is 1.61. The van der Waals surface area contributed by atoms with E-state index >= 15 is 0 Å². The van der Waals surface area contributed by atoms with Gasteiger partial charge in [0.05, 0.1) is 6.61 Å². The maximum Gasteiger partial charge on any atom is 0.378 e.